The number of hydrogen-bond acceptors (Lipinski definition) is 2. The van der Waals surface area contributed by atoms with Gasteiger partial charge in [0.2, 0.25) is 0 Å². The van der Waals surface area contributed by atoms with Gasteiger partial charge in [-0.3, -0.25) is 11.3 Å². The second-order valence-electron chi connectivity index (χ2n) is 2.68. The lowest BCUT2D eigenvalue weighted by molar-refractivity contribution is -0.137. The average molecular weight is 208 g/mol. The molecule has 0 aliphatic carbocycles. The molecule has 1 aromatic rings. The summed E-state index contributed by atoms with van der Waals surface area (Å²) in [5.41, 5.74) is 1.10. The molecule has 1 aromatic carbocycles. The number of alkyl halides is 3. The molecule has 0 saturated carbocycles. The van der Waals surface area contributed by atoms with Crippen LogP contribution in [0.2, 0.25) is 0 Å². The fourth-order valence-electron chi connectivity index (χ4n) is 0.996. The van der Waals surface area contributed by atoms with Gasteiger partial charge in [-0.15, -0.1) is 0 Å². The number of rotatable bonds is 2. The highest BCUT2D eigenvalue weighted by atomic mass is 19.4. The van der Waals surface area contributed by atoms with Crippen molar-refractivity contribution in [2.75, 3.05) is 0 Å². The van der Waals surface area contributed by atoms with Crippen LogP contribution >= 0.6 is 0 Å². The number of hydrazine groups is 1. The van der Waals surface area contributed by atoms with Crippen molar-refractivity contribution >= 4 is 0 Å². The van der Waals surface area contributed by atoms with Gasteiger partial charge in [0.15, 0.2) is 0 Å². The molecule has 0 heterocycles. The number of benzene rings is 1. The molecule has 3 N–H and O–H groups in total. The zero-order chi connectivity index (χ0) is 10.8. The van der Waals surface area contributed by atoms with Gasteiger partial charge in [-0.25, -0.2) is 4.39 Å². The van der Waals surface area contributed by atoms with E-state index in [9.17, 15) is 17.6 Å². The van der Waals surface area contributed by atoms with Gasteiger partial charge in [-0.2, -0.15) is 13.2 Å². The molecule has 0 aromatic heterocycles. The zero-order valence-electron chi connectivity index (χ0n) is 7.03. The van der Waals surface area contributed by atoms with E-state index in [1.165, 1.54) is 0 Å². The van der Waals surface area contributed by atoms with E-state index in [2.05, 4.69) is 5.43 Å². The fraction of sp³-hybridized carbons (Fsp3) is 0.250. The Kier molecular flexibility index (Phi) is 3.07. The predicted octanol–water partition coefficient (Wildman–Crippen LogP) is 1.81. The van der Waals surface area contributed by atoms with Crippen molar-refractivity contribution in [1.82, 2.24) is 5.43 Å². The van der Waals surface area contributed by atoms with Crippen LogP contribution in [0.15, 0.2) is 18.2 Å². The molecule has 0 spiro atoms. The van der Waals surface area contributed by atoms with Crippen molar-refractivity contribution in [3.8, 4) is 0 Å². The van der Waals surface area contributed by atoms with Crippen molar-refractivity contribution in [2.45, 2.75) is 12.7 Å². The summed E-state index contributed by atoms with van der Waals surface area (Å²) >= 11 is 0. The maximum atomic E-state index is 12.9. The molecule has 0 unspecified atom stereocenters. The Bertz CT molecular complexity index is 322. The van der Waals surface area contributed by atoms with Crippen molar-refractivity contribution < 1.29 is 17.6 Å². The molecule has 14 heavy (non-hydrogen) atoms. The Morgan fingerprint density at radius 3 is 2.43 bits per heavy atom. The lowest BCUT2D eigenvalue weighted by Crippen LogP contribution is -2.22. The van der Waals surface area contributed by atoms with Gasteiger partial charge >= 0.3 is 6.18 Å². The summed E-state index contributed by atoms with van der Waals surface area (Å²) in [5, 5.41) is 0. The number of nitrogens with two attached hydrogens (primary N) is 1. The van der Waals surface area contributed by atoms with Gasteiger partial charge in [0.1, 0.15) is 5.82 Å². The maximum Gasteiger partial charge on any atom is 0.416 e. The number of nitrogens with one attached hydrogen (secondary N) is 1. The van der Waals surface area contributed by atoms with Gasteiger partial charge in [0, 0.05) is 12.1 Å². The summed E-state index contributed by atoms with van der Waals surface area (Å²) in [7, 11) is 0. The minimum atomic E-state index is -4.46. The smallest absolute Gasteiger partial charge is 0.271 e. The molecule has 0 saturated heterocycles. The van der Waals surface area contributed by atoms with Gasteiger partial charge in [0.25, 0.3) is 0 Å². The summed E-state index contributed by atoms with van der Waals surface area (Å²) in [6.07, 6.45) is -4.46. The van der Waals surface area contributed by atoms with E-state index in [1.807, 2.05) is 0 Å². The third-order valence-corrected chi connectivity index (χ3v) is 1.67. The van der Waals surface area contributed by atoms with Crippen molar-refractivity contribution in [2.24, 2.45) is 5.84 Å². The number of hydrogen-bond donors (Lipinski definition) is 2. The molecular weight excluding hydrogens is 200 g/mol. The molecule has 0 bridgehead atoms. The third kappa shape index (κ3) is 2.43. The van der Waals surface area contributed by atoms with E-state index < -0.39 is 17.6 Å². The Balaban J connectivity index is 3.06. The standard InChI is InChI=1S/C8H8F4N2/c9-7-2-1-6(8(10,11)12)3-5(7)4-14-13/h1-3,14H,4,13H2. The normalized spacial score (nSPS) is 11.8. The van der Waals surface area contributed by atoms with Crippen LogP contribution in [0.25, 0.3) is 0 Å². The summed E-state index contributed by atoms with van der Waals surface area (Å²) < 4.78 is 49.4. The van der Waals surface area contributed by atoms with Crippen LogP contribution in [0, 0.1) is 5.82 Å². The third-order valence-electron chi connectivity index (χ3n) is 1.67. The molecular formula is C8H8F4N2. The maximum absolute atomic E-state index is 12.9. The van der Waals surface area contributed by atoms with Crippen LogP contribution < -0.4 is 11.3 Å². The monoisotopic (exact) mass is 208 g/mol. The van der Waals surface area contributed by atoms with Crippen molar-refractivity contribution in [3.63, 3.8) is 0 Å². The van der Waals surface area contributed by atoms with Gasteiger partial charge < -0.3 is 0 Å². The predicted molar refractivity (Wildman–Crippen MR) is 42.4 cm³/mol. The molecule has 0 aliphatic rings. The Morgan fingerprint density at radius 2 is 1.93 bits per heavy atom. The highest BCUT2D eigenvalue weighted by Crippen LogP contribution is 2.30. The van der Waals surface area contributed by atoms with Crippen LogP contribution in [0.5, 0.6) is 0 Å². The fourth-order valence-corrected chi connectivity index (χ4v) is 0.996. The van der Waals surface area contributed by atoms with E-state index in [-0.39, 0.29) is 12.1 Å². The lowest BCUT2D eigenvalue weighted by atomic mass is 10.1. The summed E-state index contributed by atoms with van der Waals surface area (Å²) in [5.74, 6) is 4.18. The van der Waals surface area contributed by atoms with Crippen LogP contribution in [-0.4, -0.2) is 0 Å². The lowest BCUT2D eigenvalue weighted by Gasteiger charge is -2.09. The summed E-state index contributed by atoms with van der Waals surface area (Å²) in [4.78, 5) is 0. The van der Waals surface area contributed by atoms with Gasteiger partial charge in [-0.05, 0) is 18.2 Å². The van der Waals surface area contributed by atoms with Crippen LogP contribution in [0.3, 0.4) is 0 Å². The highest BCUT2D eigenvalue weighted by Gasteiger charge is 2.30. The van der Waals surface area contributed by atoms with E-state index in [0.29, 0.717) is 6.07 Å². The van der Waals surface area contributed by atoms with Crippen molar-refractivity contribution in [1.29, 1.82) is 0 Å². The Hall–Kier alpha value is -1.14. The van der Waals surface area contributed by atoms with Crippen LogP contribution in [-0.2, 0) is 12.7 Å². The van der Waals surface area contributed by atoms with Crippen LogP contribution in [0.1, 0.15) is 11.1 Å². The SMILES string of the molecule is NNCc1cc(C(F)(F)F)ccc1F. The van der Waals surface area contributed by atoms with E-state index in [4.69, 9.17) is 5.84 Å². The first-order chi connectivity index (χ1) is 6.45. The second kappa shape index (κ2) is 3.93. The molecule has 0 atom stereocenters. The largest absolute Gasteiger partial charge is 0.416 e. The molecule has 0 amide bonds. The quantitative estimate of drug-likeness (QED) is 0.442. The first-order valence-corrected chi connectivity index (χ1v) is 3.74. The van der Waals surface area contributed by atoms with Crippen LogP contribution in [0.4, 0.5) is 17.6 Å². The Labute approximate surface area is 77.7 Å². The van der Waals surface area contributed by atoms with Gasteiger partial charge in [-0.1, -0.05) is 0 Å². The zero-order valence-corrected chi connectivity index (χ0v) is 7.03. The minimum absolute atomic E-state index is 0.109. The highest BCUT2D eigenvalue weighted by molar-refractivity contribution is 5.26. The first kappa shape index (κ1) is 10.9. The van der Waals surface area contributed by atoms with Crippen molar-refractivity contribution in [3.05, 3.63) is 35.1 Å². The van der Waals surface area contributed by atoms with E-state index in [0.717, 1.165) is 12.1 Å². The molecule has 78 valence electrons. The molecule has 0 aliphatic heterocycles. The molecule has 2 nitrogen and oxygen atoms in total. The average Bonchev–Trinajstić information content (AvgIpc) is 2.07. The van der Waals surface area contributed by atoms with E-state index in [1.54, 1.807) is 0 Å². The summed E-state index contributed by atoms with van der Waals surface area (Å²) in [6.45, 7) is -0.143. The Morgan fingerprint density at radius 1 is 1.29 bits per heavy atom. The minimum Gasteiger partial charge on any atom is -0.271 e. The second-order valence-corrected chi connectivity index (χ2v) is 2.68. The topological polar surface area (TPSA) is 38.0 Å². The molecule has 0 fully saturated rings. The molecule has 0 radical (unpaired) electrons. The number of halogens is 4. The first-order valence-electron chi connectivity index (χ1n) is 3.74. The summed E-state index contributed by atoms with van der Waals surface area (Å²) in [6, 6.07) is 2.19. The van der Waals surface area contributed by atoms with E-state index >= 15 is 0 Å². The molecule has 1 rings (SSSR count). The molecule has 6 heteroatoms. The van der Waals surface area contributed by atoms with Gasteiger partial charge in [0.05, 0.1) is 5.56 Å².